The first-order valence-electron chi connectivity index (χ1n) is 8.27. The average Bonchev–Trinajstić information content (AvgIpc) is 3.03. The lowest BCUT2D eigenvalue weighted by atomic mass is 10.2. The van der Waals surface area contributed by atoms with Crippen LogP contribution < -0.4 is 0 Å². The molecular formula is C19H18BrFN4S. The van der Waals surface area contributed by atoms with Crippen molar-refractivity contribution in [3.8, 4) is 0 Å². The van der Waals surface area contributed by atoms with Crippen LogP contribution in [0, 0.1) is 5.82 Å². The van der Waals surface area contributed by atoms with Gasteiger partial charge < -0.3 is 0 Å². The molecule has 1 aromatic heterocycles. The molecule has 3 rings (SSSR count). The predicted octanol–water partition coefficient (Wildman–Crippen LogP) is 5.31. The molecule has 0 bridgehead atoms. The summed E-state index contributed by atoms with van der Waals surface area (Å²) in [6.45, 7) is 2.08. The summed E-state index contributed by atoms with van der Waals surface area (Å²) in [6.07, 6.45) is 3.22. The van der Waals surface area contributed by atoms with Gasteiger partial charge in [-0.3, -0.25) is 0 Å². The van der Waals surface area contributed by atoms with Crippen molar-refractivity contribution in [3.63, 3.8) is 0 Å². The molecule has 3 aromatic rings. The highest BCUT2D eigenvalue weighted by molar-refractivity contribution is 9.10. The van der Waals surface area contributed by atoms with E-state index in [2.05, 4.69) is 50.3 Å². The van der Waals surface area contributed by atoms with Crippen LogP contribution in [-0.4, -0.2) is 21.1 Å². The van der Waals surface area contributed by atoms with E-state index in [1.807, 2.05) is 12.1 Å². The van der Waals surface area contributed by atoms with E-state index in [1.54, 1.807) is 34.6 Å². The summed E-state index contributed by atoms with van der Waals surface area (Å²) in [7, 11) is 0. The van der Waals surface area contributed by atoms with Crippen LogP contribution in [0.15, 0.2) is 63.3 Å². The molecule has 0 saturated heterocycles. The van der Waals surface area contributed by atoms with Crippen LogP contribution in [0.25, 0.3) is 0 Å². The van der Waals surface area contributed by atoms with Crippen LogP contribution >= 0.6 is 27.7 Å². The van der Waals surface area contributed by atoms with E-state index in [0.29, 0.717) is 10.7 Å². The summed E-state index contributed by atoms with van der Waals surface area (Å²) in [5.41, 5.74) is 1.62. The SMILES string of the molecule is CCCc1nnc(SCc2ccc(Br)cc2)n1/N=C/c1ccccc1F. The Bertz CT molecular complexity index is 893. The monoisotopic (exact) mass is 432 g/mol. The second kappa shape index (κ2) is 9.09. The molecule has 0 atom stereocenters. The van der Waals surface area contributed by atoms with E-state index in [-0.39, 0.29) is 5.82 Å². The van der Waals surface area contributed by atoms with Gasteiger partial charge in [-0.15, -0.1) is 10.2 Å². The Labute approximate surface area is 164 Å². The van der Waals surface area contributed by atoms with Crippen LogP contribution in [0.3, 0.4) is 0 Å². The molecule has 0 saturated carbocycles. The molecule has 134 valence electrons. The van der Waals surface area contributed by atoms with Crippen molar-refractivity contribution < 1.29 is 4.39 Å². The van der Waals surface area contributed by atoms with Crippen molar-refractivity contribution in [2.75, 3.05) is 0 Å². The Morgan fingerprint density at radius 3 is 2.65 bits per heavy atom. The highest BCUT2D eigenvalue weighted by Crippen LogP contribution is 2.23. The third-order valence-corrected chi connectivity index (χ3v) is 5.17. The van der Waals surface area contributed by atoms with Crippen molar-refractivity contribution in [3.05, 3.63) is 75.8 Å². The number of hydrogen-bond acceptors (Lipinski definition) is 4. The van der Waals surface area contributed by atoms with Crippen molar-refractivity contribution in [1.29, 1.82) is 0 Å². The van der Waals surface area contributed by atoms with Crippen molar-refractivity contribution in [2.24, 2.45) is 5.10 Å². The van der Waals surface area contributed by atoms with Gasteiger partial charge in [0.2, 0.25) is 5.16 Å². The van der Waals surface area contributed by atoms with E-state index < -0.39 is 0 Å². The summed E-state index contributed by atoms with van der Waals surface area (Å²) in [4.78, 5) is 0. The largest absolute Gasteiger partial charge is 0.212 e. The first-order chi connectivity index (χ1) is 12.7. The second-order valence-corrected chi connectivity index (χ2v) is 7.50. The first-order valence-corrected chi connectivity index (χ1v) is 10.1. The summed E-state index contributed by atoms with van der Waals surface area (Å²) < 4.78 is 16.6. The average molecular weight is 433 g/mol. The maximum absolute atomic E-state index is 13.8. The molecule has 2 aromatic carbocycles. The number of benzene rings is 2. The molecular weight excluding hydrogens is 415 g/mol. The summed E-state index contributed by atoms with van der Waals surface area (Å²) in [5.74, 6) is 1.23. The molecule has 0 N–H and O–H groups in total. The third kappa shape index (κ3) is 4.80. The minimum Gasteiger partial charge on any atom is -0.206 e. The van der Waals surface area contributed by atoms with Gasteiger partial charge in [0.15, 0.2) is 5.82 Å². The molecule has 0 aliphatic rings. The highest BCUT2D eigenvalue weighted by atomic mass is 79.9. The van der Waals surface area contributed by atoms with E-state index in [9.17, 15) is 4.39 Å². The van der Waals surface area contributed by atoms with Gasteiger partial charge in [-0.05, 0) is 30.2 Å². The molecule has 0 amide bonds. The fourth-order valence-electron chi connectivity index (χ4n) is 2.31. The highest BCUT2D eigenvalue weighted by Gasteiger charge is 2.12. The minimum atomic E-state index is -0.301. The van der Waals surface area contributed by atoms with Gasteiger partial charge in [0.1, 0.15) is 5.82 Å². The quantitative estimate of drug-likeness (QED) is 0.375. The van der Waals surface area contributed by atoms with Gasteiger partial charge in [-0.25, -0.2) is 4.39 Å². The van der Waals surface area contributed by atoms with Crippen molar-refractivity contribution in [1.82, 2.24) is 14.9 Å². The van der Waals surface area contributed by atoms with E-state index in [4.69, 9.17) is 0 Å². The number of rotatable bonds is 7. The molecule has 0 spiro atoms. The topological polar surface area (TPSA) is 43.1 Å². The maximum Gasteiger partial charge on any atom is 0.212 e. The molecule has 0 unspecified atom stereocenters. The third-order valence-electron chi connectivity index (χ3n) is 3.65. The Kier molecular flexibility index (Phi) is 6.57. The standard InChI is InChI=1S/C19H18BrFN4S/c1-2-5-18-23-24-19(26-13-14-8-10-16(20)11-9-14)25(18)22-12-15-6-3-4-7-17(15)21/h3-4,6-12H,2,5,13H2,1H3/b22-12+. The zero-order valence-corrected chi connectivity index (χ0v) is 16.7. The smallest absolute Gasteiger partial charge is 0.206 e. The van der Waals surface area contributed by atoms with Crippen LogP contribution in [0.1, 0.15) is 30.3 Å². The fourth-order valence-corrected chi connectivity index (χ4v) is 3.44. The molecule has 7 heteroatoms. The van der Waals surface area contributed by atoms with Crippen LogP contribution in [0.2, 0.25) is 0 Å². The van der Waals surface area contributed by atoms with Gasteiger partial charge >= 0.3 is 0 Å². The Balaban J connectivity index is 1.81. The van der Waals surface area contributed by atoms with Gasteiger partial charge in [0.05, 0.1) is 6.21 Å². The number of nitrogens with zero attached hydrogens (tertiary/aromatic N) is 4. The second-order valence-electron chi connectivity index (χ2n) is 5.64. The van der Waals surface area contributed by atoms with Gasteiger partial charge in [0.25, 0.3) is 0 Å². The molecule has 1 heterocycles. The Morgan fingerprint density at radius 2 is 1.92 bits per heavy atom. The van der Waals surface area contributed by atoms with Gasteiger partial charge in [-0.2, -0.15) is 9.78 Å². The molecule has 0 aliphatic carbocycles. The number of thioether (sulfide) groups is 1. The van der Waals surface area contributed by atoms with Crippen LogP contribution in [0.5, 0.6) is 0 Å². The van der Waals surface area contributed by atoms with Crippen LogP contribution in [0.4, 0.5) is 4.39 Å². The lowest BCUT2D eigenvalue weighted by Crippen LogP contribution is -2.01. The fraction of sp³-hybridized carbons (Fsp3) is 0.211. The minimum absolute atomic E-state index is 0.301. The number of aromatic nitrogens is 3. The van der Waals surface area contributed by atoms with Crippen LogP contribution in [-0.2, 0) is 12.2 Å². The van der Waals surface area contributed by atoms with E-state index in [1.165, 1.54) is 17.8 Å². The molecule has 0 fully saturated rings. The van der Waals surface area contributed by atoms with E-state index >= 15 is 0 Å². The maximum atomic E-state index is 13.8. The Morgan fingerprint density at radius 1 is 1.15 bits per heavy atom. The van der Waals surface area contributed by atoms with Crippen molar-refractivity contribution in [2.45, 2.75) is 30.7 Å². The van der Waals surface area contributed by atoms with Gasteiger partial charge in [-0.1, -0.05) is 64.9 Å². The molecule has 26 heavy (non-hydrogen) atoms. The normalized spacial score (nSPS) is 11.3. The van der Waals surface area contributed by atoms with Crippen molar-refractivity contribution >= 4 is 33.9 Å². The number of aryl methyl sites for hydroxylation is 1. The lowest BCUT2D eigenvalue weighted by molar-refractivity contribution is 0.625. The van der Waals surface area contributed by atoms with Gasteiger partial charge in [0, 0.05) is 22.2 Å². The lowest BCUT2D eigenvalue weighted by Gasteiger charge is -2.04. The first kappa shape index (κ1) is 18.8. The predicted molar refractivity (Wildman–Crippen MR) is 107 cm³/mol. The molecule has 0 radical (unpaired) electrons. The number of hydrogen-bond donors (Lipinski definition) is 0. The zero-order valence-electron chi connectivity index (χ0n) is 14.3. The number of halogens is 2. The molecule has 4 nitrogen and oxygen atoms in total. The summed E-state index contributed by atoms with van der Waals surface area (Å²) >= 11 is 5.00. The Hall–Kier alpha value is -1.99. The summed E-state index contributed by atoms with van der Waals surface area (Å²) in [5, 5.41) is 13.6. The van der Waals surface area contributed by atoms with E-state index in [0.717, 1.165) is 28.9 Å². The zero-order chi connectivity index (χ0) is 18.4. The molecule has 0 aliphatic heterocycles. The summed E-state index contributed by atoms with van der Waals surface area (Å²) in [6, 6.07) is 14.7.